The lowest BCUT2D eigenvalue weighted by atomic mass is 10.1. The summed E-state index contributed by atoms with van der Waals surface area (Å²) in [5.41, 5.74) is 2.61. The van der Waals surface area contributed by atoms with Crippen molar-refractivity contribution in [3.05, 3.63) is 62.9 Å². The molecule has 3 rings (SSSR count). The number of nitrogens with one attached hydrogen (secondary N) is 1. The van der Waals surface area contributed by atoms with Crippen LogP contribution >= 0.6 is 22.6 Å². The first-order chi connectivity index (χ1) is 9.67. The van der Waals surface area contributed by atoms with Crippen LogP contribution in [0.5, 0.6) is 5.75 Å². The van der Waals surface area contributed by atoms with Crippen molar-refractivity contribution >= 4 is 40.1 Å². The predicted molar refractivity (Wildman–Crippen MR) is 88.1 cm³/mol. The number of anilines is 1. The number of hydrogen-bond acceptors (Lipinski definition) is 3. The Kier molecular flexibility index (Phi) is 3.48. The average Bonchev–Trinajstić information content (AvgIpc) is 2.76. The van der Waals surface area contributed by atoms with E-state index < -0.39 is 0 Å². The van der Waals surface area contributed by atoms with Crippen molar-refractivity contribution < 1.29 is 9.53 Å². The number of benzene rings is 2. The second kappa shape index (κ2) is 5.28. The van der Waals surface area contributed by atoms with Crippen molar-refractivity contribution in [2.75, 3.05) is 12.4 Å². The van der Waals surface area contributed by atoms with E-state index >= 15 is 0 Å². The Hall–Kier alpha value is -1.82. The molecular formula is C16H12INO2. The van der Waals surface area contributed by atoms with Crippen LogP contribution in [-0.2, 0) is 0 Å². The van der Waals surface area contributed by atoms with Gasteiger partial charge in [0.15, 0.2) is 5.76 Å². The van der Waals surface area contributed by atoms with E-state index in [9.17, 15) is 4.79 Å². The lowest BCUT2D eigenvalue weighted by Crippen LogP contribution is -1.98. The van der Waals surface area contributed by atoms with Gasteiger partial charge in [-0.2, -0.15) is 0 Å². The topological polar surface area (TPSA) is 38.3 Å². The summed E-state index contributed by atoms with van der Waals surface area (Å²) in [4.78, 5) is 12.3. The van der Waals surface area contributed by atoms with Crippen molar-refractivity contribution in [1.29, 1.82) is 0 Å². The maximum absolute atomic E-state index is 12.3. The zero-order valence-corrected chi connectivity index (χ0v) is 13.0. The number of rotatable bonds is 2. The molecule has 0 atom stereocenters. The van der Waals surface area contributed by atoms with Gasteiger partial charge in [0.2, 0.25) is 5.78 Å². The Labute approximate surface area is 130 Å². The van der Waals surface area contributed by atoms with Gasteiger partial charge in [0, 0.05) is 16.3 Å². The van der Waals surface area contributed by atoms with Crippen molar-refractivity contribution in [3.8, 4) is 5.75 Å². The van der Waals surface area contributed by atoms with E-state index in [0.717, 1.165) is 14.8 Å². The van der Waals surface area contributed by atoms with Gasteiger partial charge in [-0.15, -0.1) is 0 Å². The molecule has 0 aromatic heterocycles. The molecule has 2 aromatic rings. The van der Waals surface area contributed by atoms with Crippen LogP contribution in [0.4, 0.5) is 5.69 Å². The lowest BCUT2D eigenvalue weighted by molar-refractivity contribution is 0.101. The maximum Gasteiger partial charge on any atom is 0.232 e. The zero-order chi connectivity index (χ0) is 14.1. The highest BCUT2D eigenvalue weighted by Gasteiger charge is 2.27. The van der Waals surface area contributed by atoms with Crippen LogP contribution in [0.25, 0.3) is 6.08 Å². The summed E-state index contributed by atoms with van der Waals surface area (Å²) in [5.74, 6) is 0.948. The third-order valence-electron chi connectivity index (χ3n) is 3.13. The summed E-state index contributed by atoms with van der Waals surface area (Å²) in [6.45, 7) is 0. The second-order valence-corrected chi connectivity index (χ2v) is 5.70. The first-order valence-electron chi connectivity index (χ1n) is 6.19. The highest BCUT2D eigenvalue weighted by atomic mass is 125. The van der Waals surface area contributed by atoms with E-state index in [-0.39, 0.29) is 5.78 Å². The molecule has 0 bridgehead atoms. The first-order valence-corrected chi connectivity index (χ1v) is 7.27. The fourth-order valence-electron chi connectivity index (χ4n) is 2.06. The van der Waals surface area contributed by atoms with E-state index in [1.165, 1.54) is 0 Å². The highest BCUT2D eigenvalue weighted by molar-refractivity contribution is 14.1. The van der Waals surface area contributed by atoms with Gasteiger partial charge >= 0.3 is 0 Å². The SMILES string of the molecule is CNc1ccc(/C=C2\Oc3ccc([125I])cc3C2=O)cc1. The Morgan fingerprint density at radius 3 is 2.60 bits per heavy atom. The molecule has 20 heavy (non-hydrogen) atoms. The number of halogens is 1. The quantitative estimate of drug-likeness (QED) is 0.638. The summed E-state index contributed by atoms with van der Waals surface area (Å²) >= 11 is 2.19. The van der Waals surface area contributed by atoms with Gasteiger partial charge in [-0.25, -0.2) is 0 Å². The number of hydrogen-bond donors (Lipinski definition) is 1. The monoisotopic (exact) mass is 375 g/mol. The van der Waals surface area contributed by atoms with Gasteiger partial charge in [-0.05, 0) is 64.6 Å². The molecule has 0 aliphatic carbocycles. The largest absolute Gasteiger partial charge is 0.452 e. The number of carbonyl (C=O) groups excluding carboxylic acids is 1. The van der Waals surface area contributed by atoms with Crippen LogP contribution in [0.15, 0.2) is 48.2 Å². The normalized spacial score (nSPS) is 15.1. The van der Waals surface area contributed by atoms with Crippen LogP contribution in [0.1, 0.15) is 15.9 Å². The number of ketones is 1. The lowest BCUT2D eigenvalue weighted by Gasteiger charge is -2.01. The number of fused-ring (bicyclic) bond motifs is 1. The van der Waals surface area contributed by atoms with E-state index in [0.29, 0.717) is 17.1 Å². The third kappa shape index (κ3) is 2.43. The first kappa shape index (κ1) is 13.2. The minimum Gasteiger partial charge on any atom is -0.452 e. The van der Waals surface area contributed by atoms with Crippen LogP contribution in [0, 0.1) is 3.57 Å². The molecule has 0 unspecified atom stereocenters. The van der Waals surface area contributed by atoms with Crippen LogP contribution in [-0.4, -0.2) is 12.8 Å². The van der Waals surface area contributed by atoms with Crippen LogP contribution in [0.3, 0.4) is 0 Å². The van der Waals surface area contributed by atoms with Gasteiger partial charge in [-0.3, -0.25) is 4.79 Å². The van der Waals surface area contributed by atoms with E-state index in [2.05, 4.69) is 27.9 Å². The van der Waals surface area contributed by atoms with Gasteiger partial charge in [0.05, 0.1) is 5.56 Å². The minimum absolute atomic E-state index is 0.0591. The summed E-state index contributed by atoms with van der Waals surface area (Å²) < 4.78 is 6.65. The summed E-state index contributed by atoms with van der Waals surface area (Å²) in [6.07, 6.45) is 1.77. The Morgan fingerprint density at radius 1 is 1.15 bits per heavy atom. The van der Waals surface area contributed by atoms with Gasteiger partial charge < -0.3 is 10.1 Å². The fourth-order valence-corrected chi connectivity index (χ4v) is 2.55. The van der Waals surface area contributed by atoms with Crippen molar-refractivity contribution in [1.82, 2.24) is 0 Å². The van der Waals surface area contributed by atoms with E-state index in [4.69, 9.17) is 4.74 Å². The fraction of sp³-hybridized carbons (Fsp3) is 0.0625. The smallest absolute Gasteiger partial charge is 0.232 e. The van der Waals surface area contributed by atoms with Gasteiger partial charge in [0.1, 0.15) is 5.75 Å². The number of allylic oxidation sites excluding steroid dienone is 1. The minimum atomic E-state index is -0.0591. The van der Waals surface area contributed by atoms with Crippen LogP contribution < -0.4 is 10.1 Å². The molecule has 0 radical (unpaired) electrons. The highest BCUT2D eigenvalue weighted by Crippen LogP contribution is 2.32. The Balaban J connectivity index is 1.92. The van der Waals surface area contributed by atoms with Crippen LogP contribution in [0.2, 0.25) is 0 Å². The standard InChI is InChI=1S/C16H12INO2/c1-18-12-5-2-10(3-6-12)8-15-16(19)13-9-11(17)4-7-14(13)20-15/h2-9,18H,1H3/b15-8-/i17-2. The molecular weight excluding hydrogens is 363 g/mol. The number of Topliss-reactive ketones (excluding diaryl/α,β-unsaturated/α-hetero) is 1. The molecule has 0 amide bonds. The molecule has 100 valence electrons. The summed E-state index contributed by atoms with van der Waals surface area (Å²) in [7, 11) is 1.87. The van der Waals surface area contributed by atoms with E-state index in [1.807, 2.05) is 49.5 Å². The van der Waals surface area contributed by atoms with Crippen molar-refractivity contribution in [2.45, 2.75) is 0 Å². The molecule has 1 N–H and O–H groups in total. The molecule has 0 spiro atoms. The molecule has 1 aliphatic rings. The number of carbonyl (C=O) groups is 1. The van der Waals surface area contributed by atoms with Gasteiger partial charge in [-0.1, -0.05) is 12.1 Å². The summed E-state index contributed by atoms with van der Waals surface area (Å²) in [5, 5.41) is 3.06. The predicted octanol–water partition coefficient (Wildman–Crippen LogP) is 3.95. The summed E-state index contributed by atoms with van der Waals surface area (Å²) in [6, 6.07) is 13.4. The van der Waals surface area contributed by atoms with Gasteiger partial charge in [0.25, 0.3) is 0 Å². The molecule has 1 aliphatic heterocycles. The Bertz CT molecular complexity index is 705. The second-order valence-electron chi connectivity index (χ2n) is 4.45. The average molecular weight is 375 g/mol. The third-order valence-corrected chi connectivity index (χ3v) is 3.80. The molecule has 1 heterocycles. The molecule has 0 saturated carbocycles. The van der Waals surface area contributed by atoms with E-state index in [1.54, 1.807) is 6.08 Å². The zero-order valence-electron chi connectivity index (χ0n) is 10.8. The molecule has 4 heteroatoms. The van der Waals surface area contributed by atoms with Crippen molar-refractivity contribution in [2.24, 2.45) is 0 Å². The molecule has 3 nitrogen and oxygen atoms in total. The molecule has 2 aromatic carbocycles. The number of ether oxygens (including phenoxy) is 1. The maximum atomic E-state index is 12.3. The molecule has 0 saturated heterocycles. The molecule has 0 fully saturated rings. The van der Waals surface area contributed by atoms with Crippen molar-refractivity contribution in [3.63, 3.8) is 0 Å². The Morgan fingerprint density at radius 2 is 1.90 bits per heavy atom.